The van der Waals surface area contributed by atoms with Crippen molar-refractivity contribution in [1.29, 1.82) is 0 Å². The van der Waals surface area contributed by atoms with Gasteiger partial charge in [0.2, 0.25) is 18.6 Å². The summed E-state index contributed by atoms with van der Waals surface area (Å²) in [7, 11) is 1.36. The molecular formula is C33H22N2O9. The molecule has 0 saturated carbocycles. The fourth-order valence-electron chi connectivity index (χ4n) is 6.94. The molecule has 44 heavy (non-hydrogen) atoms. The fourth-order valence-corrected chi connectivity index (χ4v) is 6.94. The molecule has 4 atom stereocenters. The topological polar surface area (TPSA) is 135 Å². The van der Waals surface area contributed by atoms with E-state index in [9.17, 15) is 24.5 Å². The molecule has 3 aliphatic heterocycles. The Hall–Kier alpha value is -5.71. The van der Waals surface area contributed by atoms with Gasteiger partial charge < -0.3 is 18.9 Å². The Morgan fingerprint density at radius 2 is 1.70 bits per heavy atom. The van der Waals surface area contributed by atoms with Gasteiger partial charge in [-0.2, -0.15) is 0 Å². The van der Waals surface area contributed by atoms with E-state index >= 15 is 0 Å². The predicted molar refractivity (Wildman–Crippen MR) is 155 cm³/mol. The maximum absolute atomic E-state index is 14.3. The number of allylic oxidation sites excluding steroid dienone is 1. The lowest BCUT2D eigenvalue weighted by molar-refractivity contribution is -0.384. The van der Waals surface area contributed by atoms with Gasteiger partial charge in [-0.15, -0.1) is 0 Å². The maximum Gasteiger partial charge on any atom is 0.319 e. The van der Waals surface area contributed by atoms with Crippen molar-refractivity contribution in [3.63, 3.8) is 0 Å². The highest BCUT2D eigenvalue weighted by molar-refractivity contribution is 6.25. The molecule has 4 aliphatic rings. The number of methoxy groups -OCH3 is 1. The van der Waals surface area contributed by atoms with E-state index in [1.165, 1.54) is 19.2 Å². The lowest BCUT2D eigenvalue weighted by Crippen LogP contribution is -2.42. The first-order valence-corrected chi connectivity index (χ1v) is 13.9. The van der Waals surface area contributed by atoms with Crippen LogP contribution in [-0.2, 0) is 14.4 Å². The SMILES string of the molecule is COc1ccc(N2C(=O)[C@@H]3[C@@H]4C(=O)Oc5c(ccc6ccccc56)C4=C[C@@H](c4ccc5c(c4)OCO5)[C@@H]3C2=O)c([N+](=O)[O-])c1. The van der Waals surface area contributed by atoms with Gasteiger partial charge in [-0.05, 0) is 40.8 Å². The molecule has 4 aromatic rings. The van der Waals surface area contributed by atoms with Crippen LogP contribution in [-0.4, -0.2) is 36.6 Å². The van der Waals surface area contributed by atoms with E-state index in [1.807, 2.05) is 42.5 Å². The summed E-state index contributed by atoms with van der Waals surface area (Å²) >= 11 is 0. The lowest BCUT2D eigenvalue weighted by atomic mass is 9.64. The average Bonchev–Trinajstić information content (AvgIpc) is 3.61. The van der Waals surface area contributed by atoms with Gasteiger partial charge in [0.05, 0.1) is 35.9 Å². The molecule has 0 radical (unpaired) electrons. The number of carbonyl (C=O) groups excluding carboxylic acids is 3. The standard InChI is InChI=1S/C33H22N2O9/c1-41-18-8-10-23(24(13-18)35(39)40)34-31(36)27-21(17-7-11-25-26(12-17)43-15-42-25)14-22-20-9-6-16-4-2-3-5-19(16)30(20)44-33(38)28(22)29(27)32(34)37/h2-14,21,27-29H,15H2,1H3/t21-,27-,28+,29-/m0/s1. The number of nitro groups is 1. The van der Waals surface area contributed by atoms with Gasteiger partial charge in [-0.25, -0.2) is 4.90 Å². The normalized spacial score (nSPS) is 23.1. The number of nitrogens with zero attached hydrogens (tertiary/aromatic N) is 2. The van der Waals surface area contributed by atoms with Crippen molar-refractivity contribution >= 4 is 45.5 Å². The van der Waals surface area contributed by atoms with Gasteiger partial charge >= 0.3 is 5.97 Å². The monoisotopic (exact) mass is 590 g/mol. The highest BCUT2D eigenvalue weighted by Gasteiger charge is 2.61. The quantitative estimate of drug-likeness (QED) is 0.106. The Labute approximate surface area is 249 Å². The molecule has 3 heterocycles. The summed E-state index contributed by atoms with van der Waals surface area (Å²) in [6.45, 7) is 0.0529. The Morgan fingerprint density at radius 1 is 0.909 bits per heavy atom. The molecule has 11 nitrogen and oxygen atoms in total. The number of hydrogen-bond donors (Lipinski definition) is 0. The van der Waals surface area contributed by atoms with Crippen molar-refractivity contribution in [3.8, 4) is 23.0 Å². The molecule has 1 fully saturated rings. The van der Waals surface area contributed by atoms with Crippen LogP contribution < -0.4 is 23.8 Å². The second kappa shape index (κ2) is 9.40. The lowest BCUT2D eigenvalue weighted by Gasteiger charge is -2.38. The molecule has 0 unspecified atom stereocenters. The van der Waals surface area contributed by atoms with Crippen LogP contribution in [0.3, 0.4) is 0 Å². The van der Waals surface area contributed by atoms with Gasteiger partial charge in [0.1, 0.15) is 17.2 Å². The molecule has 0 N–H and O–H groups in total. The van der Waals surface area contributed by atoms with Gasteiger partial charge in [0, 0.05) is 16.9 Å². The van der Waals surface area contributed by atoms with Crippen molar-refractivity contribution in [2.45, 2.75) is 5.92 Å². The van der Waals surface area contributed by atoms with E-state index in [0.717, 1.165) is 21.7 Å². The fraction of sp³-hybridized carbons (Fsp3) is 0.182. The zero-order valence-electron chi connectivity index (χ0n) is 23.1. The van der Waals surface area contributed by atoms with Crippen molar-refractivity contribution in [3.05, 3.63) is 100 Å². The van der Waals surface area contributed by atoms with Crippen molar-refractivity contribution in [2.75, 3.05) is 18.8 Å². The van der Waals surface area contributed by atoms with E-state index in [2.05, 4.69) is 0 Å². The van der Waals surface area contributed by atoms with Gasteiger partial charge in [-0.3, -0.25) is 24.5 Å². The average molecular weight is 591 g/mol. The van der Waals surface area contributed by atoms with Crippen LogP contribution in [0.1, 0.15) is 17.0 Å². The minimum absolute atomic E-state index is 0.0529. The van der Waals surface area contributed by atoms with E-state index in [-0.39, 0.29) is 18.2 Å². The van der Waals surface area contributed by atoms with E-state index in [4.69, 9.17) is 18.9 Å². The summed E-state index contributed by atoms with van der Waals surface area (Å²) in [6.07, 6.45) is 1.86. The van der Waals surface area contributed by atoms with E-state index in [1.54, 1.807) is 18.2 Å². The van der Waals surface area contributed by atoms with Gasteiger partial charge in [-0.1, -0.05) is 48.5 Å². The largest absolute Gasteiger partial charge is 0.496 e. The second-order valence-corrected chi connectivity index (χ2v) is 11.0. The highest BCUT2D eigenvalue weighted by Crippen LogP contribution is 2.56. The number of fused-ring (bicyclic) bond motifs is 8. The number of hydrogen-bond acceptors (Lipinski definition) is 9. The number of nitro benzene ring substituents is 1. The number of amides is 2. The first kappa shape index (κ1) is 26.0. The Kier molecular flexibility index (Phi) is 5.54. The number of esters is 1. The third kappa shape index (κ3) is 3.58. The van der Waals surface area contributed by atoms with Crippen molar-refractivity contribution in [2.24, 2.45) is 17.8 Å². The van der Waals surface area contributed by atoms with Crippen molar-refractivity contribution in [1.82, 2.24) is 0 Å². The number of ether oxygens (including phenoxy) is 4. The first-order chi connectivity index (χ1) is 21.4. The third-order valence-corrected chi connectivity index (χ3v) is 8.89. The molecular weight excluding hydrogens is 568 g/mol. The van der Waals surface area contributed by atoms with E-state index < -0.39 is 52.1 Å². The molecule has 0 aromatic heterocycles. The minimum atomic E-state index is -1.17. The molecule has 218 valence electrons. The second-order valence-electron chi connectivity index (χ2n) is 11.0. The summed E-state index contributed by atoms with van der Waals surface area (Å²) < 4.78 is 22.2. The Balaban J connectivity index is 1.34. The zero-order chi connectivity index (χ0) is 30.3. The van der Waals surface area contributed by atoms with E-state index in [0.29, 0.717) is 33.9 Å². The van der Waals surface area contributed by atoms with Gasteiger partial charge in [0.15, 0.2) is 11.5 Å². The smallest absolute Gasteiger partial charge is 0.319 e. The molecule has 0 bridgehead atoms. The zero-order valence-corrected chi connectivity index (χ0v) is 23.1. The van der Waals surface area contributed by atoms with Crippen LogP contribution in [0.25, 0.3) is 16.3 Å². The number of benzene rings is 4. The molecule has 8 rings (SSSR count). The number of anilines is 1. The Morgan fingerprint density at radius 3 is 2.52 bits per heavy atom. The summed E-state index contributed by atoms with van der Waals surface area (Å²) in [5.41, 5.74) is 1.22. The van der Waals surface area contributed by atoms with Crippen LogP contribution in [0.15, 0.2) is 78.9 Å². The van der Waals surface area contributed by atoms with Crippen LogP contribution in [0.4, 0.5) is 11.4 Å². The number of imide groups is 1. The number of carbonyl (C=O) groups is 3. The summed E-state index contributed by atoms with van der Waals surface area (Å²) in [5, 5.41) is 13.7. The third-order valence-electron chi connectivity index (χ3n) is 8.89. The summed E-state index contributed by atoms with van der Waals surface area (Å²) in [5.74, 6) is -4.40. The van der Waals surface area contributed by atoms with Crippen LogP contribution in [0, 0.1) is 27.9 Å². The molecule has 1 aliphatic carbocycles. The maximum atomic E-state index is 14.3. The first-order valence-electron chi connectivity index (χ1n) is 13.9. The van der Waals surface area contributed by atoms with Crippen molar-refractivity contribution < 1.29 is 38.3 Å². The predicted octanol–water partition coefficient (Wildman–Crippen LogP) is 5.01. The molecule has 4 aromatic carbocycles. The molecule has 1 saturated heterocycles. The molecule has 2 amide bonds. The molecule has 11 heteroatoms. The van der Waals surface area contributed by atoms with Crippen LogP contribution in [0.5, 0.6) is 23.0 Å². The van der Waals surface area contributed by atoms with Crippen LogP contribution >= 0.6 is 0 Å². The summed E-state index contributed by atoms with van der Waals surface area (Å²) in [6, 6.07) is 20.5. The van der Waals surface area contributed by atoms with Gasteiger partial charge in [0.25, 0.3) is 5.69 Å². The highest BCUT2D eigenvalue weighted by atomic mass is 16.7. The Bertz CT molecular complexity index is 2000. The number of rotatable bonds is 4. The summed E-state index contributed by atoms with van der Waals surface area (Å²) in [4.78, 5) is 54.7. The minimum Gasteiger partial charge on any atom is -0.496 e. The molecule has 0 spiro atoms. The van der Waals surface area contributed by atoms with Crippen LogP contribution in [0.2, 0.25) is 0 Å².